The van der Waals surface area contributed by atoms with E-state index in [-0.39, 0.29) is 0 Å². The predicted molar refractivity (Wildman–Crippen MR) is 117 cm³/mol. The lowest BCUT2D eigenvalue weighted by molar-refractivity contribution is -0.109. The summed E-state index contributed by atoms with van der Waals surface area (Å²) >= 11 is 0. The normalized spacial score (nSPS) is 14.0. The number of hydrogen-bond donors (Lipinski definition) is 1. The largest absolute Gasteiger partial charge is 0.359 e. The van der Waals surface area contributed by atoms with Gasteiger partial charge in [0, 0.05) is 44.5 Å². The molecule has 0 unspecified atom stereocenters. The van der Waals surface area contributed by atoms with E-state index in [9.17, 15) is 4.79 Å². The van der Waals surface area contributed by atoms with Crippen LogP contribution in [-0.4, -0.2) is 66.2 Å². The predicted octanol–water partition coefficient (Wildman–Crippen LogP) is 2.61. The minimum absolute atomic E-state index is 0.513. The number of aryl methyl sites for hydroxylation is 1. The molecule has 0 atom stereocenters. The van der Waals surface area contributed by atoms with Crippen LogP contribution in [0, 0.1) is 6.92 Å². The second-order valence-electron chi connectivity index (χ2n) is 7.13. The summed E-state index contributed by atoms with van der Waals surface area (Å²) in [6, 6.07) is 12.0. The molecule has 0 spiro atoms. The molecule has 8 heteroatoms. The number of pyridine rings is 1. The van der Waals surface area contributed by atoms with Gasteiger partial charge in [-0.25, -0.2) is 4.98 Å². The van der Waals surface area contributed by atoms with Crippen LogP contribution in [0.4, 0.5) is 5.82 Å². The van der Waals surface area contributed by atoms with Gasteiger partial charge >= 0.3 is 0 Å². The van der Waals surface area contributed by atoms with Crippen molar-refractivity contribution in [3.8, 4) is 22.8 Å². The van der Waals surface area contributed by atoms with E-state index in [1.165, 1.54) is 5.56 Å². The molecule has 1 aliphatic heterocycles. The van der Waals surface area contributed by atoms with Crippen LogP contribution < -0.4 is 10.2 Å². The van der Waals surface area contributed by atoms with Crippen LogP contribution in [0.15, 0.2) is 47.1 Å². The van der Waals surface area contributed by atoms with Crippen LogP contribution in [0.2, 0.25) is 0 Å². The maximum Gasteiger partial charge on any atom is 0.261 e. The van der Waals surface area contributed by atoms with Gasteiger partial charge in [-0.3, -0.25) is 4.79 Å². The standard InChI is InChI=1S/C19H21N5O.C3H7NO/c1-14-5-3-6-15(13-14)17-21-19(25-22-17)16-7-4-8-20-18(16)24-11-9-23(2)10-12-24;1-2-4-3-5/h3-8,13H,9-12H2,1-2H3;3H,2H2,1H3,(H,4,5). The first-order valence-electron chi connectivity index (χ1n) is 10.1. The van der Waals surface area contributed by atoms with Gasteiger partial charge in [-0.1, -0.05) is 28.9 Å². The summed E-state index contributed by atoms with van der Waals surface area (Å²) in [7, 11) is 2.14. The summed E-state index contributed by atoms with van der Waals surface area (Å²) < 4.78 is 5.56. The quantitative estimate of drug-likeness (QED) is 0.649. The minimum Gasteiger partial charge on any atom is -0.359 e. The summed E-state index contributed by atoms with van der Waals surface area (Å²) in [5, 5.41) is 6.59. The molecule has 4 rings (SSSR count). The van der Waals surface area contributed by atoms with Gasteiger partial charge in [0.15, 0.2) is 0 Å². The molecule has 0 saturated carbocycles. The molecule has 30 heavy (non-hydrogen) atoms. The van der Waals surface area contributed by atoms with Crippen molar-refractivity contribution >= 4 is 12.2 Å². The van der Waals surface area contributed by atoms with E-state index in [4.69, 9.17) is 4.52 Å². The van der Waals surface area contributed by atoms with Crippen LogP contribution in [0.1, 0.15) is 12.5 Å². The fraction of sp³-hybridized carbons (Fsp3) is 0.364. The molecule has 1 fully saturated rings. The van der Waals surface area contributed by atoms with Crippen LogP contribution in [-0.2, 0) is 4.79 Å². The number of nitrogens with one attached hydrogen (secondary N) is 1. The number of aromatic nitrogens is 3. The van der Waals surface area contributed by atoms with Crippen LogP contribution >= 0.6 is 0 Å². The molecule has 1 aromatic carbocycles. The molecule has 158 valence electrons. The molecule has 8 nitrogen and oxygen atoms in total. The Labute approximate surface area is 176 Å². The third-order valence-corrected chi connectivity index (χ3v) is 4.81. The second kappa shape index (κ2) is 10.5. The van der Waals surface area contributed by atoms with Gasteiger partial charge in [0.25, 0.3) is 5.89 Å². The third kappa shape index (κ3) is 5.42. The summed E-state index contributed by atoms with van der Waals surface area (Å²) in [6.07, 6.45) is 2.50. The van der Waals surface area contributed by atoms with E-state index in [1.807, 2.05) is 37.4 Å². The zero-order valence-electron chi connectivity index (χ0n) is 17.7. The van der Waals surface area contributed by atoms with Gasteiger partial charge in [0.2, 0.25) is 12.2 Å². The lowest BCUT2D eigenvalue weighted by atomic mass is 10.1. The number of benzene rings is 1. The number of piperazine rings is 1. The molecule has 1 saturated heterocycles. The van der Waals surface area contributed by atoms with E-state index < -0.39 is 0 Å². The molecule has 3 heterocycles. The number of rotatable bonds is 5. The molecule has 0 bridgehead atoms. The van der Waals surface area contributed by atoms with Crippen molar-refractivity contribution in [1.82, 2.24) is 25.3 Å². The lowest BCUT2D eigenvalue weighted by Crippen LogP contribution is -2.45. The van der Waals surface area contributed by atoms with Crippen molar-refractivity contribution in [3.63, 3.8) is 0 Å². The van der Waals surface area contributed by atoms with Crippen LogP contribution in [0.3, 0.4) is 0 Å². The molecule has 1 N–H and O–H groups in total. The Bertz CT molecular complexity index is 950. The Kier molecular flexibility index (Phi) is 7.51. The van der Waals surface area contributed by atoms with Crippen molar-refractivity contribution < 1.29 is 9.32 Å². The summed E-state index contributed by atoms with van der Waals surface area (Å²) in [6.45, 7) is 8.58. The van der Waals surface area contributed by atoms with Gasteiger partial charge < -0.3 is 19.6 Å². The Morgan fingerprint density at radius 1 is 1.17 bits per heavy atom. The van der Waals surface area contributed by atoms with E-state index in [0.717, 1.165) is 49.7 Å². The molecule has 1 amide bonds. The zero-order chi connectivity index (χ0) is 21.3. The van der Waals surface area contributed by atoms with Crippen molar-refractivity contribution in [2.75, 3.05) is 44.7 Å². The number of anilines is 1. The SMILES string of the molecule is CCNC=O.Cc1cccc(-c2noc(-c3cccnc3N3CCN(C)CC3)n2)c1. The average Bonchev–Trinajstić information content (AvgIpc) is 3.26. The number of likely N-dealkylation sites (N-methyl/N-ethyl adjacent to an activating group) is 1. The molecule has 0 radical (unpaired) electrons. The topological polar surface area (TPSA) is 87.4 Å². The molecule has 2 aromatic heterocycles. The van der Waals surface area contributed by atoms with Gasteiger partial charge in [0.1, 0.15) is 5.82 Å². The molecular weight excluding hydrogens is 380 g/mol. The summed E-state index contributed by atoms with van der Waals surface area (Å²) in [5.41, 5.74) is 3.02. The highest BCUT2D eigenvalue weighted by molar-refractivity contribution is 5.71. The number of hydrogen-bond acceptors (Lipinski definition) is 7. The van der Waals surface area contributed by atoms with Gasteiger partial charge in [-0.05, 0) is 39.1 Å². The van der Waals surface area contributed by atoms with Crippen LogP contribution in [0.25, 0.3) is 22.8 Å². The first-order chi connectivity index (χ1) is 14.6. The highest BCUT2D eigenvalue weighted by atomic mass is 16.5. The minimum atomic E-state index is 0.513. The van der Waals surface area contributed by atoms with Crippen LogP contribution in [0.5, 0.6) is 0 Å². The maximum absolute atomic E-state index is 9.29. The highest BCUT2D eigenvalue weighted by Gasteiger charge is 2.21. The first-order valence-corrected chi connectivity index (χ1v) is 10.1. The van der Waals surface area contributed by atoms with E-state index in [2.05, 4.69) is 56.3 Å². The lowest BCUT2D eigenvalue weighted by Gasteiger charge is -2.33. The number of amides is 1. The van der Waals surface area contributed by atoms with E-state index in [0.29, 0.717) is 18.1 Å². The van der Waals surface area contributed by atoms with Gasteiger partial charge in [-0.2, -0.15) is 4.98 Å². The van der Waals surface area contributed by atoms with E-state index in [1.54, 1.807) is 0 Å². The Morgan fingerprint density at radius 2 is 1.97 bits per heavy atom. The second-order valence-corrected chi connectivity index (χ2v) is 7.13. The van der Waals surface area contributed by atoms with E-state index >= 15 is 0 Å². The fourth-order valence-corrected chi connectivity index (χ4v) is 3.15. The third-order valence-electron chi connectivity index (χ3n) is 4.81. The highest BCUT2D eigenvalue weighted by Crippen LogP contribution is 2.29. The Hall–Kier alpha value is -3.26. The molecular formula is C22H28N6O2. The van der Waals surface area contributed by atoms with Gasteiger partial charge in [0.05, 0.1) is 5.56 Å². The fourth-order valence-electron chi connectivity index (χ4n) is 3.15. The van der Waals surface area contributed by atoms with Crippen molar-refractivity contribution in [3.05, 3.63) is 48.2 Å². The Balaban J connectivity index is 0.000000461. The molecule has 1 aliphatic rings. The van der Waals surface area contributed by atoms with Crippen molar-refractivity contribution in [2.45, 2.75) is 13.8 Å². The smallest absolute Gasteiger partial charge is 0.261 e. The number of nitrogens with zero attached hydrogens (tertiary/aromatic N) is 5. The molecule has 3 aromatic rings. The van der Waals surface area contributed by atoms with Crippen molar-refractivity contribution in [2.24, 2.45) is 0 Å². The maximum atomic E-state index is 9.29. The number of carbonyl (C=O) groups is 1. The summed E-state index contributed by atoms with van der Waals surface area (Å²) in [5.74, 6) is 2.03. The summed E-state index contributed by atoms with van der Waals surface area (Å²) in [4.78, 5) is 23.1. The van der Waals surface area contributed by atoms with Gasteiger partial charge in [-0.15, -0.1) is 0 Å². The zero-order valence-corrected chi connectivity index (χ0v) is 17.7. The Morgan fingerprint density at radius 3 is 2.63 bits per heavy atom. The van der Waals surface area contributed by atoms with Crippen molar-refractivity contribution in [1.29, 1.82) is 0 Å². The number of carbonyl (C=O) groups excluding carboxylic acids is 1. The average molecular weight is 409 g/mol. The monoisotopic (exact) mass is 408 g/mol. The molecule has 0 aliphatic carbocycles. The first kappa shape index (κ1) is 21.4.